The minimum absolute atomic E-state index is 0.112. The van der Waals surface area contributed by atoms with Crippen molar-refractivity contribution in [2.24, 2.45) is 0 Å². The number of anilines is 2. The highest BCUT2D eigenvalue weighted by atomic mass is 35.5. The number of nitrogens with one attached hydrogen (secondary N) is 1. The second kappa shape index (κ2) is 10.8. The summed E-state index contributed by atoms with van der Waals surface area (Å²) in [4.78, 5) is 38.4. The number of carbonyl (C=O) groups excluding carboxylic acids is 3. The Morgan fingerprint density at radius 1 is 1.08 bits per heavy atom. The number of hydrogen-bond acceptors (Lipinski definition) is 5. The summed E-state index contributed by atoms with van der Waals surface area (Å²) in [5.74, 6) is -2.15. The van der Waals surface area contributed by atoms with Crippen LogP contribution < -0.4 is 10.2 Å². The van der Waals surface area contributed by atoms with Crippen LogP contribution in [0, 0.1) is 5.82 Å². The molecule has 1 saturated heterocycles. The van der Waals surface area contributed by atoms with Gasteiger partial charge in [0.05, 0.1) is 17.0 Å². The molecule has 0 saturated carbocycles. The Bertz CT molecular complexity index is 1450. The summed E-state index contributed by atoms with van der Waals surface area (Å²) in [5, 5.41) is 3.08. The number of carbonyl (C=O) groups is 3. The molecule has 0 radical (unpaired) electrons. The lowest BCUT2D eigenvalue weighted by molar-refractivity contribution is -0.122. The maximum Gasteiger partial charge on any atom is 0.252 e. The molecular formula is C26H23ClFN3O5S. The normalized spacial score (nSPS) is 15.9. The van der Waals surface area contributed by atoms with E-state index in [4.69, 9.17) is 11.6 Å². The van der Waals surface area contributed by atoms with E-state index in [2.05, 4.69) is 5.32 Å². The zero-order chi connectivity index (χ0) is 26.7. The summed E-state index contributed by atoms with van der Waals surface area (Å²) >= 11 is 6.06. The molecule has 4 rings (SSSR count). The molecule has 1 heterocycles. The first-order valence-electron chi connectivity index (χ1n) is 11.3. The molecule has 1 aliphatic heterocycles. The van der Waals surface area contributed by atoms with Gasteiger partial charge in [-0.1, -0.05) is 23.7 Å². The summed E-state index contributed by atoms with van der Waals surface area (Å²) in [5.41, 5.74) is 1.48. The molecule has 0 bridgehead atoms. The number of imide groups is 1. The molecule has 1 fully saturated rings. The molecular weight excluding hydrogens is 521 g/mol. The lowest BCUT2D eigenvalue weighted by Crippen LogP contribution is -2.46. The predicted molar refractivity (Wildman–Crippen MR) is 137 cm³/mol. The van der Waals surface area contributed by atoms with Crippen LogP contribution in [0.2, 0.25) is 5.02 Å². The summed E-state index contributed by atoms with van der Waals surface area (Å²) in [6.45, 7) is 1.24. The van der Waals surface area contributed by atoms with Crippen molar-refractivity contribution in [2.45, 2.75) is 30.7 Å². The molecule has 11 heteroatoms. The Kier molecular flexibility index (Phi) is 7.72. The van der Waals surface area contributed by atoms with Crippen LogP contribution in [0.25, 0.3) is 0 Å². The number of rotatable bonds is 8. The third kappa shape index (κ3) is 5.87. The highest BCUT2D eigenvalue weighted by Gasteiger charge is 2.46. The van der Waals surface area contributed by atoms with Crippen molar-refractivity contribution in [1.82, 2.24) is 4.31 Å². The van der Waals surface area contributed by atoms with E-state index in [1.807, 2.05) is 0 Å². The van der Waals surface area contributed by atoms with E-state index < -0.39 is 33.7 Å². The van der Waals surface area contributed by atoms with Gasteiger partial charge >= 0.3 is 0 Å². The van der Waals surface area contributed by atoms with Crippen LogP contribution in [0.15, 0.2) is 77.7 Å². The Balaban J connectivity index is 1.66. The van der Waals surface area contributed by atoms with E-state index in [1.54, 1.807) is 24.3 Å². The van der Waals surface area contributed by atoms with Crippen molar-refractivity contribution in [3.8, 4) is 0 Å². The maximum absolute atomic E-state index is 13.6. The first-order valence-corrected chi connectivity index (χ1v) is 13.1. The van der Waals surface area contributed by atoms with Crippen LogP contribution in [0.3, 0.4) is 0 Å². The molecule has 0 aliphatic carbocycles. The van der Waals surface area contributed by atoms with Gasteiger partial charge in [0.25, 0.3) is 5.91 Å². The van der Waals surface area contributed by atoms with Gasteiger partial charge in [-0.15, -0.1) is 0 Å². The molecule has 37 heavy (non-hydrogen) atoms. The van der Waals surface area contributed by atoms with Gasteiger partial charge in [0.15, 0.2) is 0 Å². The zero-order valence-electron chi connectivity index (χ0n) is 19.7. The second-order valence-corrected chi connectivity index (χ2v) is 10.8. The minimum Gasteiger partial charge on any atom is -0.326 e. The number of amides is 3. The molecule has 3 aromatic carbocycles. The standard InChI is InChI=1S/C26H23ClFN3O5S/c1-17(32)29-21-7-9-22(10-8-21)31-25(33)16-24(26(31)34)30(14-13-18-3-2-4-19(27)15-18)37(35,36)23-11-5-20(28)6-12-23/h2-12,15,24H,13-14,16H2,1H3,(H,29,32). The highest BCUT2D eigenvalue weighted by Crippen LogP contribution is 2.30. The molecule has 0 spiro atoms. The van der Waals surface area contributed by atoms with Gasteiger partial charge in [0, 0.05) is 24.2 Å². The Morgan fingerprint density at radius 3 is 2.38 bits per heavy atom. The van der Waals surface area contributed by atoms with Crippen LogP contribution in [0.1, 0.15) is 18.9 Å². The second-order valence-electron chi connectivity index (χ2n) is 8.46. The summed E-state index contributed by atoms with van der Waals surface area (Å²) < 4.78 is 41.7. The van der Waals surface area contributed by atoms with Crippen LogP contribution in [-0.4, -0.2) is 43.0 Å². The summed E-state index contributed by atoms with van der Waals surface area (Å²) in [7, 11) is -4.28. The first kappa shape index (κ1) is 26.5. The fourth-order valence-electron chi connectivity index (χ4n) is 4.13. The number of hydrogen-bond donors (Lipinski definition) is 1. The van der Waals surface area contributed by atoms with Crippen molar-refractivity contribution in [1.29, 1.82) is 0 Å². The average molecular weight is 544 g/mol. The number of halogens is 2. The third-order valence-electron chi connectivity index (χ3n) is 5.85. The topological polar surface area (TPSA) is 104 Å². The SMILES string of the molecule is CC(=O)Nc1ccc(N2C(=O)CC(N(CCc3cccc(Cl)c3)S(=O)(=O)c3ccc(F)cc3)C2=O)cc1. The van der Waals surface area contributed by atoms with E-state index >= 15 is 0 Å². The Hall–Kier alpha value is -3.60. The van der Waals surface area contributed by atoms with E-state index in [0.29, 0.717) is 10.7 Å². The monoisotopic (exact) mass is 543 g/mol. The quantitative estimate of drug-likeness (QED) is 0.432. The molecule has 1 N–H and O–H groups in total. The first-order chi connectivity index (χ1) is 17.6. The lowest BCUT2D eigenvalue weighted by atomic mass is 10.1. The van der Waals surface area contributed by atoms with Gasteiger partial charge in [-0.05, 0) is 72.6 Å². The van der Waals surface area contributed by atoms with Crippen molar-refractivity contribution < 1.29 is 27.2 Å². The number of benzene rings is 3. The van der Waals surface area contributed by atoms with Crippen molar-refractivity contribution in [3.63, 3.8) is 0 Å². The highest BCUT2D eigenvalue weighted by molar-refractivity contribution is 7.89. The zero-order valence-corrected chi connectivity index (χ0v) is 21.3. The molecule has 0 aromatic heterocycles. The van der Waals surface area contributed by atoms with E-state index in [-0.39, 0.29) is 35.9 Å². The molecule has 1 aliphatic rings. The van der Waals surface area contributed by atoms with Crippen molar-refractivity contribution in [2.75, 3.05) is 16.8 Å². The largest absolute Gasteiger partial charge is 0.326 e. The fraction of sp³-hybridized carbons (Fsp3) is 0.192. The predicted octanol–water partition coefficient (Wildman–Crippen LogP) is 4.00. The van der Waals surface area contributed by atoms with Gasteiger partial charge in [-0.2, -0.15) is 4.31 Å². The van der Waals surface area contributed by atoms with Crippen LogP contribution >= 0.6 is 11.6 Å². The van der Waals surface area contributed by atoms with E-state index in [9.17, 15) is 27.2 Å². The minimum atomic E-state index is -4.28. The lowest BCUT2D eigenvalue weighted by Gasteiger charge is -2.27. The third-order valence-corrected chi connectivity index (χ3v) is 8.00. The van der Waals surface area contributed by atoms with Gasteiger partial charge in [-0.25, -0.2) is 17.7 Å². The summed E-state index contributed by atoms with van der Waals surface area (Å²) in [6, 6.07) is 15.9. The van der Waals surface area contributed by atoms with Crippen molar-refractivity contribution in [3.05, 3.63) is 89.2 Å². The molecule has 192 valence electrons. The smallest absolute Gasteiger partial charge is 0.252 e. The summed E-state index contributed by atoms with van der Waals surface area (Å²) in [6.07, 6.45) is -0.132. The van der Waals surface area contributed by atoms with Crippen LogP contribution in [0.4, 0.5) is 15.8 Å². The van der Waals surface area contributed by atoms with Crippen LogP contribution in [0.5, 0.6) is 0 Å². The molecule has 3 amide bonds. The van der Waals surface area contributed by atoms with E-state index in [0.717, 1.165) is 39.0 Å². The van der Waals surface area contributed by atoms with Crippen LogP contribution in [-0.2, 0) is 30.8 Å². The Morgan fingerprint density at radius 2 is 1.76 bits per heavy atom. The van der Waals surface area contributed by atoms with Gasteiger partial charge in [0.2, 0.25) is 21.8 Å². The van der Waals surface area contributed by atoms with Crippen molar-refractivity contribution >= 4 is 50.7 Å². The van der Waals surface area contributed by atoms with Gasteiger partial charge < -0.3 is 5.32 Å². The molecule has 1 unspecified atom stereocenters. The fourth-order valence-corrected chi connectivity index (χ4v) is 5.92. The average Bonchev–Trinajstić information content (AvgIpc) is 3.13. The number of nitrogens with zero attached hydrogens (tertiary/aromatic N) is 2. The maximum atomic E-state index is 13.6. The molecule has 8 nitrogen and oxygen atoms in total. The molecule has 3 aromatic rings. The van der Waals surface area contributed by atoms with Gasteiger partial charge in [-0.3, -0.25) is 14.4 Å². The van der Waals surface area contributed by atoms with Gasteiger partial charge in [0.1, 0.15) is 11.9 Å². The van der Waals surface area contributed by atoms with E-state index in [1.165, 1.54) is 31.2 Å². The molecule has 1 atom stereocenters. The number of sulfonamides is 1. The Labute approximate surface area is 218 Å².